The van der Waals surface area contributed by atoms with Gasteiger partial charge < -0.3 is 10.2 Å². The average molecular weight is 406 g/mol. The Morgan fingerprint density at radius 1 is 1.22 bits per heavy atom. The molecule has 0 aliphatic heterocycles. The molecule has 3 atom stereocenters. The van der Waals surface area contributed by atoms with E-state index in [1.54, 1.807) is 0 Å². The van der Waals surface area contributed by atoms with E-state index in [1.165, 1.54) is 11.8 Å². The molecule has 1 aromatic heterocycles. The number of para-hydroxylation sites is 1. The van der Waals surface area contributed by atoms with Crippen LogP contribution in [0.2, 0.25) is 0 Å². The van der Waals surface area contributed by atoms with Crippen molar-refractivity contribution in [2.75, 3.05) is 11.9 Å². The lowest BCUT2D eigenvalue weighted by atomic mass is 9.73. The van der Waals surface area contributed by atoms with Gasteiger partial charge in [0.2, 0.25) is 5.60 Å². The van der Waals surface area contributed by atoms with Gasteiger partial charge in [0.25, 0.3) is 0 Å². The molecule has 1 saturated carbocycles. The number of pyridine rings is 1. The number of benzene rings is 1. The summed E-state index contributed by atoms with van der Waals surface area (Å²) in [6.45, 7) is 0. The number of carboxylic acids is 1. The van der Waals surface area contributed by atoms with Gasteiger partial charge in [0.15, 0.2) is 6.16 Å². The molecule has 1 aliphatic carbocycles. The highest BCUT2D eigenvalue weighted by Crippen LogP contribution is 2.40. The molecule has 0 bridgehead atoms. The minimum atomic E-state index is -1.95. The molecule has 1 aromatic carbocycles. The molecule has 0 radical (unpaired) electrons. The highest BCUT2D eigenvalue weighted by Gasteiger charge is 2.50. The molecule has 0 saturated heterocycles. The van der Waals surface area contributed by atoms with Crippen molar-refractivity contribution >= 4 is 37.1 Å². The van der Waals surface area contributed by atoms with E-state index in [0.717, 1.165) is 48.0 Å². The van der Waals surface area contributed by atoms with Gasteiger partial charge in [0.05, 0.1) is 10.5 Å². The monoisotopic (exact) mass is 406 g/mol. The van der Waals surface area contributed by atoms with Gasteiger partial charge in [-0.3, -0.25) is 0 Å². The largest absolute Gasteiger partial charge is 0.479 e. The highest BCUT2D eigenvalue weighted by atomic mass is 32.2. The van der Waals surface area contributed by atoms with Gasteiger partial charge in [0, 0.05) is 17.1 Å². The van der Waals surface area contributed by atoms with Crippen LogP contribution in [0.3, 0.4) is 0 Å². The van der Waals surface area contributed by atoms with Crippen molar-refractivity contribution in [3.63, 3.8) is 0 Å². The maximum absolute atomic E-state index is 11.9. The van der Waals surface area contributed by atoms with Crippen LogP contribution in [0.15, 0.2) is 41.4 Å². The Morgan fingerprint density at radius 2 is 1.96 bits per heavy atom. The summed E-state index contributed by atoms with van der Waals surface area (Å²) in [5.74, 6) is -1.14. The molecule has 3 rings (SSSR count). The van der Waals surface area contributed by atoms with E-state index < -0.39 is 25.9 Å². The third kappa shape index (κ3) is 4.68. The lowest BCUT2D eigenvalue weighted by Crippen LogP contribution is -2.52. The number of aromatic nitrogens is 1. The molecular formula is C20H25NO4PS+. The van der Waals surface area contributed by atoms with Crippen LogP contribution in [0, 0.1) is 11.8 Å². The summed E-state index contributed by atoms with van der Waals surface area (Å²) in [5.41, 5.74) is -1.06. The van der Waals surface area contributed by atoms with E-state index in [9.17, 15) is 19.6 Å². The standard InChI is InChI=1S/C20H24NO4PS/c22-19(23)20(24,13-26-25)16(14-6-2-1-3-7-14)12-27-18-11-10-15-8-4-5-9-17(15)21-18/h4-5,8-11,14,16,24H,1-3,6-7,12-13H2,(H,22,23)/p+1. The molecule has 1 aliphatic rings. The molecule has 1 heterocycles. The summed E-state index contributed by atoms with van der Waals surface area (Å²) in [5, 5.41) is 22.5. The number of aliphatic carboxylic acids is 1. The zero-order valence-electron chi connectivity index (χ0n) is 15.1. The van der Waals surface area contributed by atoms with Crippen molar-refractivity contribution in [2.45, 2.75) is 42.7 Å². The van der Waals surface area contributed by atoms with Gasteiger partial charge in [-0.2, -0.15) is 0 Å². The van der Waals surface area contributed by atoms with Crippen LogP contribution in [-0.4, -0.2) is 38.7 Å². The molecule has 144 valence electrons. The number of thioether (sulfide) groups is 1. The summed E-state index contributed by atoms with van der Waals surface area (Å²) in [6.07, 6.45) is 4.85. The predicted octanol–water partition coefficient (Wildman–Crippen LogP) is 4.36. The van der Waals surface area contributed by atoms with Crippen molar-refractivity contribution in [3.8, 4) is 0 Å². The summed E-state index contributed by atoms with van der Waals surface area (Å²) in [4.78, 5) is 16.5. The number of hydrogen-bond acceptors (Lipinski definition) is 5. The van der Waals surface area contributed by atoms with Crippen molar-refractivity contribution in [1.82, 2.24) is 4.98 Å². The fourth-order valence-corrected chi connectivity index (χ4v) is 5.84. The van der Waals surface area contributed by atoms with Crippen LogP contribution >= 0.6 is 20.2 Å². The second kappa shape index (κ2) is 9.13. The van der Waals surface area contributed by atoms with Crippen LogP contribution in [0.1, 0.15) is 32.1 Å². The predicted molar refractivity (Wildman–Crippen MR) is 109 cm³/mol. The number of carboxylic acid groups (broad SMARTS) is 1. The van der Waals surface area contributed by atoms with Gasteiger partial charge >= 0.3 is 14.4 Å². The zero-order valence-corrected chi connectivity index (χ0v) is 17.0. The minimum Gasteiger partial charge on any atom is -0.479 e. The third-order valence-electron chi connectivity index (χ3n) is 5.53. The fourth-order valence-electron chi connectivity index (χ4n) is 3.98. The first kappa shape index (κ1) is 20.2. The Labute approximate surface area is 164 Å². The second-order valence-corrected chi connectivity index (χ2v) is 8.89. The van der Waals surface area contributed by atoms with Gasteiger partial charge in [0.1, 0.15) is 0 Å². The molecule has 0 amide bonds. The van der Waals surface area contributed by atoms with Crippen molar-refractivity contribution < 1.29 is 19.6 Å². The fraction of sp³-hybridized carbons (Fsp3) is 0.500. The average Bonchev–Trinajstić information content (AvgIpc) is 2.69. The second-order valence-electron chi connectivity index (χ2n) is 7.21. The molecule has 1 fully saturated rings. The Hall–Kier alpha value is -1.49. The summed E-state index contributed by atoms with van der Waals surface area (Å²) in [6, 6.07) is 11.8. The van der Waals surface area contributed by atoms with Gasteiger partial charge in [-0.1, -0.05) is 60.9 Å². The molecule has 7 heteroatoms. The van der Waals surface area contributed by atoms with Crippen LogP contribution in [0.5, 0.6) is 0 Å². The van der Waals surface area contributed by atoms with Crippen LogP contribution in [0.25, 0.3) is 10.9 Å². The summed E-state index contributed by atoms with van der Waals surface area (Å²) < 4.78 is 11.2. The number of hydrogen-bond donors (Lipinski definition) is 2. The van der Waals surface area contributed by atoms with Crippen molar-refractivity contribution in [1.29, 1.82) is 0 Å². The number of carbonyl (C=O) groups is 1. The van der Waals surface area contributed by atoms with E-state index in [1.807, 2.05) is 36.4 Å². The molecule has 5 nitrogen and oxygen atoms in total. The van der Waals surface area contributed by atoms with Gasteiger partial charge in [-0.05, 0) is 18.1 Å². The maximum Gasteiger partial charge on any atom is 0.340 e. The first-order valence-corrected chi connectivity index (χ1v) is 11.4. The van der Waals surface area contributed by atoms with E-state index in [4.69, 9.17) is 0 Å². The molecule has 2 aromatic rings. The lowest BCUT2D eigenvalue weighted by molar-refractivity contribution is -0.163. The molecule has 27 heavy (non-hydrogen) atoms. The summed E-state index contributed by atoms with van der Waals surface area (Å²) in [7, 11) is -0.839. The molecular weight excluding hydrogens is 381 g/mol. The van der Waals surface area contributed by atoms with Gasteiger partial charge in [-0.15, -0.1) is 11.8 Å². The van der Waals surface area contributed by atoms with Crippen LogP contribution in [-0.2, 0) is 9.36 Å². The zero-order chi connectivity index (χ0) is 19.3. The molecule has 3 unspecified atom stereocenters. The Balaban J connectivity index is 1.83. The Morgan fingerprint density at radius 3 is 2.67 bits per heavy atom. The number of nitrogens with zero attached hydrogens (tertiary/aromatic N) is 1. The normalized spacial score (nSPS) is 19.0. The topological polar surface area (TPSA) is 87.5 Å². The Bertz CT molecular complexity index is 811. The minimum absolute atomic E-state index is 0.129. The Kier molecular flexibility index (Phi) is 6.85. The highest BCUT2D eigenvalue weighted by molar-refractivity contribution is 7.99. The van der Waals surface area contributed by atoms with E-state index in [-0.39, 0.29) is 12.1 Å². The number of fused-ring (bicyclic) bond motifs is 1. The van der Waals surface area contributed by atoms with Gasteiger partial charge in [-0.25, -0.2) is 9.78 Å². The number of aliphatic hydroxyl groups is 1. The first-order chi connectivity index (χ1) is 13.0. The van der Waals surface area contributed by atoms with Crippen LogP contribution in [0.4, 0.5) is 0 Å². The van der Waals surface area contributed by atoms with E-state index in [0.29, 0.717) is 5.75 Å². The quantitative estimate of drug-likeness (QED) is 0.500. The van der Waals surface area contributed by atoms with Crippen LogP contribution < -0.4 is 0 Å². The molecule has 0 spiro atoms. The SMILES string of the molecule is O=[PH+]CC(O)(C(=O)O)C(CSc1ccc2ccccc2n1)C1CCCCC1. The van der Waals surface area contributed by atoms with E-state index in [2.05, 4.69) is 4.98 Å². The third-order valence-corrected chi connectivity index (χ3v) is 7.26. The van der Waals surface area contributed by atoms with E-state index >= 15 is 0 Å². The smallest absolute Gasteiger partial charge is 0.340 e. The number of rotatable bonds is 8. The molecule has 2 N–H and O–H groups in total. The summed E-state index contributed by atoms with van der Waals surface area (Å²) >= 11 is 1.47. The lowest BCUT2D eigenvalue weighted by Gasteiger charge is -2.37. The van der Waals surface area contributed by atoms with Crippen molar-refractivity contribution in [3.05, 3.63) is 36.4 Å². The maximum atomic E-state index is 11.9. The van der Waals surface area contributed by atoms with Crippen molar-refractivity contribution in [2.24, 2.45) is 11.8 Å². The first-order valence-electron chi connectivity index (χ1n) is 9.34.